The summed E-state index contributed by atoms with van der Waals surface area (Å²) in [6.45, 7) is 4.78. The fraction of sp³-hybridized carbons (Fsp3) is 0.200. The quantitative estimate of drug-likeness (QED) is 0.733. The molecular weight excluding hydrogens is 316 g/mol. The number of carbonyl (C=O) groups excluding carboxylic acids is 1. The second-order valence-corrected chi connectivity index (χ2v) is 6.12. The Kier molecular flexibility index (Phi) is 4.84. The minimum Gasteiger partial charge on any atom is -0.489 e. The molecule has 0 aliphatic rings. The highest BCUT2D eigenvalue weighted by atomic mass is 16.5. The number of hydrogen-bond acceptors (Lipinski definition) is 4. The molecule has 0 saturated heterocycles. The molecule has 3 rings (SSSR count). The van der Waals surface area contributed by atoms with Crippen molar-refractivity contribution in [2.45, 2.75) is 26.4 Å². The molecule has 0 radical (unpaired) electrons. The van der Waals surface area contributed by atoms with Crippen LogP contribution in [0.3, 0.4) is 0 Å². The molecule has 1 heterocycles. The van der Waals surface area contributed by atoms with Gasteiger partial charge in [-0.1, -0.05) is 61.5 Å². The molecule has 1 aromatic heterocycles. The van der Waals surface area contributed by atoms with Gasteiger partial charge < -0.3 is 15.0 Å². The Bertz CT molecular complexity index is 867. The highest BCUT2D eigenvalue weighted by Gasteiger charge is 2.11. The minimum absolute atomic E-state index is 0.0488. The zero-order valence-electron chi connectivity index (χ0n) is 14.2. The molecule has 0 atom stereocenters. The van der Waals surface area contributed by atoms with Crippen LogP contribution in [0.5, 0.6) is 5.75 Å². The molecule has 5 heteroatoms. The molecule has 0 fully saturated rings. The Balaban J connectivity index is 1.70. The molecular formula is C20H20N2O3. The molecule has 0 saturated carbocycles. The molecule has 0 spiro atoms. The number of carbonyl (C=O) groups is 1. The highest BCUT2D eigenvalue weighted by Crippen LogP contribution is 2.27. The van der Waals surface area contributed by atoms with Crippen molar-refractivity contribution in [1.82, 2.24) is 5.16 Å². The number of nitrogens with two attached hydrogens (primary N) is 1. The number of rotatable bonds is 6. The average molecular weight is 336 g/mol. The predicted octanol–water partition coefficient (Wildman–Crippen LogP) is 4.14. The van der Waals surface area contributed by atoms with Gasteiger partial charge in [0.25, 0.3) is 5.91 Å². The standard InChI is InChI=1S/C20H20N2O3/c1-13(2)16-5-3-4-6-18(16)24-12-14-7-9-15(10-8-14)17-11-19(20(21)23)25-22-17/h3-11,13H,12H2,1-2H3,(H2,21,23). The topological polar surface area (TPSA) is 78.4 Å². The third kappa shape index (κ3) is 3.88. The average Bonchev–Trinajstić information content (AvgIpc) is 3.11. The van der Waals surface area contributed by atoms with E-state index in [9.17, 15) is 4.79 Å². The van der Waals surface area contributed by atoms with Crippen molar-refractivity contribution in [3.05, 3.63) is 71.5 Å². The van der Waals surface area contributed by atoms with Gasteiger partial charge in [0.05, 0.1) is 0 Å². The van der Waals surface area contributed by atoms with Gasteiger partial charge in [-0.3, -0.25) is 4.79 Å². The molecule has 1 amide bonds. The van der Waals surface area contributed by atoms with Gasteiger partial charge in [0, 0.05) is 11.6 Å². The number of ether oxygens (including phenoxy) is 1. The third-order valence-electron chi connectivity index (χ3n) is 3.94. The molecule has 5 nitrogen and oxygen atoms in total. The van der Waals surface area contributed by atoms with Crippen molar-refractivity contribution in [3.8, 4) is 17.0 Å². The lowest BCUT2D eigenvalue weighted by Crippen LogP contribution is -2.09. The summed E-state index contributed by atoms with van der Waals surface area (Å²) < 4.78 is 10.9. The normalized spacial score (nSPS) is 10.8. The molecule has 0 unspecified atom stereocenters. The first kappa shape index (κ1) is 16.8. The SMILES string of the molecule is CC(C)c1ccccc1OCc1ccc(-c2cc(C(N)=O)on2)cc1. The van der Waals surface area contributed by atoms with Crippen LogP contribution in [0.15, 0.2) is 59.1 Å². The summed E-state index contributed by atoms with van der Waals surface area (Å²) >= 11 is 0. The number of amides is 1. The first-order valence-electron chi connectivity index (χ1n) is 8.12. The molecule has 3 aromatic rings. The van der Waals surface area contributed by atoms with Crippen LogP contribution in [0.25, 0.3) is 11.3 Å². The zero-order valence-corrected chi connectivity index (χ0v) is 14.2. The van der Waals surface area contributed by atoms with E-state index in [2.05, 4.69) is 25.1 Å². The van der Waals surface area contributed by atoms with Crippen molar-refractivity contribution >= 4 is 5.91 Å². The number of aromatic nitrogens is 1. The maximum absolute atomic E-state index is 11.1. The maximum Gasteiger partial charge on any atom is 0.287 e. The molecule has 2 aromatic carbocycles. The van der Waals surface area contributed by atoms with Gasteiger partial charge in [-0.05, 0) is 23.1 Å². The first-order chi connectivity index (χ1) is 12.0. The van der Waals surface area contributed by atoms with Gasteiger partial charge >= 0.3 is 0 Å². The number of primary amides is 1. The minimum atomic E-state index is -0.632. The van der Waals surface area contributed by atoms with E-state index in [4.69, 9.17) is 15.0 Å². The van der Waals surface area contributed by atoms with Crippen molar-refractivity contribution in [1.29, 1.82) is 0 Å². The molecule has 128 valence electrons. The molecule has 2 N–H and O–H groups in total. The van der Waals surface area contributed by atoms with Gasteiger partial charge in [0.1, 0.15) is 18.1 Å². The number of hydrogen-bond donors (Lipinski definition) is 1. The summed E-state index contributed by atoms with van der Waals surface area (Å²) in [5.74, 6) is 0.731. The number of nitrogens with zero attached hydrogens (tertiary/aromatic N) is 1. The Hall–Kier alpha value is -3.08. The first-order valence-corrected chi connectivity index (χ1v) is 8.12. The van der Waals surface area contributed by atoms with E-state index < -0.39 is 5.91 Å². The number of para-hydroxylation sites is 1. The molecule has 0 aliphatic carbocycles. The van der Waals surface area contributed by atoms with E-state index in [0.29, 0.717) is 18.2 Å². The van der Waals surface area contributed by atoms with Gasteiger partial charge in [0.2, 0.25) is 5.76 Å². The van der Waals surface area contributed by atoms with Crippen molar-refractivity contribution in [3.63, 3.8) is 0 Å². The van der Waals surface area contributed by atoms with Crippen LogP contribution < -0.4 is 10.5 Å². The summed E-state index contributed by atoms with van der Waals surface area (Å²) in [6, 6.07) is 17.4. The van der Waals surface area contributed by atoms with E-state index >= 15 is 0 Å². The highest BCUT2D eigenvalue weighted by molar-refractivity contribution is 5.90. The monoisotopic (exact) mass is 336 g/mol. The molecule has 25 heavy (non-hydrogen) atoms. The van der Waals surface area contributed by atoms with E-state index in [-0.39, 0.29) is 5.76 Å². The lowest BCUT2D eigenvalue weighted by molar-refractivity contribution is 0.0965. The fourth-order valence-corrected chi connectivity index (χ4v) is 2.55. The van der Waals surface area contributed by atoms with Gasteiger partial charge in [-0.25, -0.2) is 0 Å². The Labute approximate surface area is 146 Å². The second-order valence-electron chi connectivity index (χ2n) is 6.12. The van der Waals surface area contributed by atoms with Crippen molar-refractivity contribution < 1.29 is 14.1 Å². The van der Waals surface area contributed by atoms with E-state index in [1.54, 1.807) is 0 Å². The smallest absolute Gasteiger partial charge is 0.287 e. The lowest BCUT2D eigenvalue weighted by Gasteiger charge is -2.14. The van der Waals surface area contributed by atoms with Crippen LogP contribution >= 0.6 is 0 Å². The van der Waals surface area contributed by atoms with Crippen LogP contribution in [0.4, 0.5) is 0 Å². The zero-order chi connectivity index (χ0) is 17.8. The van der Waals surface area contributed by atoms with Crippen LogP contribution in [0, 0.1) is 0 Å². The van der Waals surface area contributed by atoms with Gasteiger partial charge in [0.15, 0.2) is 0 Å². The Morgan fingerprint density at radius 3 is 2.52 bits per heavy atom. The fourth-order valence-electron chi connectivity index (χ4n) is 2.55. The summed E-state index contributed by atoms with van der Waals surface area (Å²) in [4.78, 5) is 11.1. The van der Waals surface area contributed by atoms with Gasteiger partial charge in [-0.2, -0.15) is 0 Å². The van der Waals surface area contributed by atoms with Crippen LogP contribution in [-0.4, -0.2) is 11.1 Å². The summed E-state index contributed by atoms with van der Waals surface area (Å²) in [7, 11) is 0. The Morgan fingerprint density at radius 2 is 1.88 bits per heavy atom. The van der Waals surface area contributed by atoms with Crippen molar-refractivity contribution in [2.75, 3.05) is 0 Å². The van der Waals surface area contributed by atoms with Crippen LogP contribution in [-0.2, 0) is 6.61 Å². The van der Waals surface area contributed by atoms with E-state index in [0.717, 1.165) is 16.9 Å². The lowest BCUT2D eigenvalue weighted by atomic mass is 10.0. The summed E-state index contributed by atoms with van der Waals surface area (Å²) in [5, 5.41) is 3.85. The van der Waals surface area contributed by atoms with Crippen LogP contribution in [0.2, 0.25) is 0 Å². The Morgan fingerprint density at radius 1 is 1.16 bits per heavy atom. The second kappa shape index (κ2) is 7.21. The third-order valence-corrected chi connectivity index (χ3v) is 3.94. The summed E-state index contributed by atoms with van der Waals surface area (Å²) in [5.41, 5.74) is 8.83. The number of benzene rings is 2. The summed E-state index contributed by atoms with van der Waals surface area (Å²) in [6.07, 6.45) is 0. The maximum atomic E-state index is 11.1. The van der Waals surface area contributed by atoms with Crippen LogP contribution in [0.1, 0.15) is 41.4 Å². The predicted molar refractivity (Wildman–Crippen MR) is 95.3 cm³/mol. The molecule has 0 bridgehead atoms. The van der Waals surface area contributed by atoms with E-state index in [1.165, 1.54) is 11.6 Å². The largest absolute Gasteiger partial charge is 0.489 e. The molecule has 0 aliphatic heterocycles. The van der Waals surface area contributed by atoms with Crippen molar-refractivity contribution in [2.24, 2.45) is 5.73 Å². The van der Waals surface area contributed by atoms with Gasteiger partial charge in [-0.15, -0.1) is 0 Å². The van der Waals surface area contributed by atoms with E-state index in [1.807, 2.05) is 42.5 Å².